The Hall–Kier alpha value is -2.64. The number of urea groups is 1. The number of carbonyl (C=O) groups excluding carboxylic acids is 2. The van der Waals surface area contributed by atoms with Gasteiger partial charge in [0.2, 0.25) is 5.91 Å². The molecule has 2 rings (SSSR count). The third-order valence-corrected chi connectivity index (χ3v) is 4.25. The van der Waals surface area contributed by atoms with Crippen molar-refractivity contribution in [3.8, 4) is 0 Å². The van der Waals surface area contributed by atoms with Gasteiger partial charge in [-0.3, -0.25) is 14.9 Å². The second-order valence-corrected chi connectivity index (χ2v) is 6.59. The van der Waals surface area contributed by atoms with Crippen LogP contribution in [0.15, 0.2) is 18.2 Å². The van der Waals surface area contributed by atoms with Gasteiger partial charge in [0.25, 0.3) is 5.69 Å². The summed E-state index contributed by atoms with van der Waals surface area (Å²) in [5, 5.41) is 16.6. The van der Waals surface area contributed by atoms with Gasteiger partial charge in [-0.25, -0.2) is 4.79 Å². The van der Waals surface area contributed by atoms with Crippen LogP contribution in [0.3, 0.4) is 0 Å². The summed E-state index contributed by atoms with van der Waals surface area (Å²) in [6.45, 7) is 6.35. The fourth-order valence-electron chi connectivity index (χ4n) is 2.91. The number of benzene rings is 1. The molecule has 1 fully saturated rings. The first-order valence-electron chi connectivity index (χ1n) is 8.40. The Kier molecular flexibility index (Phi) is 5.95. The molecule has 0 aliphatic carbocycles. The Morgan fingerprint density at radius 1 is 1.36 bits per heavy atom. The van der Waals surface area contributed by atoms with Crippen molar-refractivity contribution >= 4 is 23.3 Å². The van der Waals surface area contributed by atoms with E-state index in [2.05, 4.69) is 10.6 Å². The van der Waals surface area contributed by atoms with E-state index in [0.717, 1.165) is 6.42 Å². The minimum absolute atomic E-state index is 0.0284. The molecule has 0 unspecified atom stereocenters. The Balaban J connectivity index is 2.05. The van der Waals surface area contributed by atoms with Crippen LogP contribution in [-0.4, -0.2) is 40.9 Å². The van der Waals surface area contributed by atoms with E-state index in [-0.39, 0.29) is 29.6 Å². The normalized spacial score (nSPS) is 17.3. The van der Waals surface area contributed by atoms with Crippen molar-refractivity contribution in [3.63, 3.8) is 0 Å². The van der Waals surface area contributed by atoms with E-state index in [1.807, 2.05) is 13.8 Å². The van der Waals surface area contributed by atoms with Gasteiger partial charge in [-0.05, 0) is 39.7 Å². The van der Waals surface area contributed by atoms with Gasteiger partial charge < -0.3 is 15.5 Å². The molecule has 1 aliphatic heterocycles. The van der Waals surface area contributed by atoms with Crippen LogP contribution in [0.25, 0.3) is 0 Å². The zero-order valence-electron chi connectivity index (χ0n) is 14.7. The molecule has 1 aromatic rings. The second kappa shape index (κ2) is 7.96. The summed E-state index contributed by atoms with van der Waals surface area (Å²) in [6, 6.07) is 4.47. The fraction of sp³-hybridized carbons (Fsp3) is 0.529. The van der Waals surface area contributed by atoms with Gasteiger partial charge in [-0.15, -0.1) is 0 Å². The van der Waals surface area contributed by atoms with Crippen LogP contribution < -0.4 is 10.6 Å². The Morgan fingerprint density at radius 2 is 2.08 bits per heavy atom. The molecule has 136 valence electrons. The van der Waals surface area contributed by atoms with Crippen LogP contribution in [-0.2, 0) is 4.79 Å². The van der Waals surface area contributed by atoms with E-state index < -0.39 is 4.92 Å². The predicted octanol–water partition coefficient (Wildman–Crippen LogP) is 2.67. The van der Waals surface area contributed by atoms with Crippen LogP contribution in [0.2, 0.25) is 0 Å². The molecular weight excluding hydrogens is 324 g/mol. The molecule has 1 atom stereocenters. The van der Waals surface area contributed by atoms with E-state index in [4.69, 9.17) is 0 Å². The van der Waals surface area contributed by atoms with Gasteiger partial charge in [0, 0.05) is 25.2 Å². The zero-order valence-corrected chi connectivity index (χ0v) is 14.7. The van der Waals surface area contributed by atoms with E-state index in [1.54, 1.807) is 24.0 Å². The molecule has 2 N–H and O–H groups in total. The van der Waals surface area contributed by atoms with Gasteiger partial charge in [0.1, 0.15) is 0 Å². The molecule has 8 heteroatoms. The molecule has 1 aromatic carbocycles. The third kappa shape index (κ3) is 4.68. The standard InChI is InChI=1S/C17H24N4O4/c1-11(2)18-17(23)20-9-5-6-13(10-20)16(22)19-14-7-4-8-15(12(14)3)21(24)25/h4,7-8,11,13H,5-6,9-10H2,1-3H3,(H,18,23)(H,19,22)/t13-/m1/s1. The number of nitro benzene ring substituents is 1. The molecule has 25 heavy (non-hydrogen) atoms. The van der Waals surface area contributed by atoms with Crippen molar-refractivity contribution in [2.45, 2.75) is 39.7 Å². The SMILES string of the molecule is Cc1c(NC(=O)[C@@H]2CCCN(C(=O)NC(C)C)C2)cccc1[N+](=O)[O-]. The summed E-state index contributed by atoms with van der Waals surface area (Å²) in [5.74, 6) is -0.545. The zero-order chi connectivity index (χ0) is 18.6. The lowest BCUT2D eigenvalue weighted by molar-refractivity contribution is -0.385. The molecule has 0 aromatic heterocycles. The van der Waals surface area contributed by atoms with E-state index in [9.17, 15) is 19.7 Å². The molecule has 0 spiro atoms. The summed E-state index contributed by atoms with van der Waals surface area (Å²) in [6.07, 6.45) is 1.43. The van der Waals surface area contributed by atoms with Crippen LogP contribution >= 0.6 is 0 Å². The van der Waals surface area contributed by atoms with Crippen LogP contribution in [0.5, 0.6) is 0 Å². The molecule has 1 saturated heterocycles. The molecular formula is C17H24N4O4. The minimum atomic E-state index is -0.469. The number of rotatable bonds is 4. The minimum Gasteiger partial charge on any atom is -0.336 e. The van der Waals surface area contributed by atoms with Gasteiger partial charge >= 0.3 is 6.03 Å². The van der Waals surface area contributed by atoms with Crippen LogP contribution in [0.1, 0.15) is 32.3 Å². The van der Waals surface area contributed by atoms with Crippen LogP contribution in [0, 0.1) is 23.0 Å². The number of hydrogen-bond acceptors (Lipinski definition) is 4. The number of carbonyl (C=O) groups is 2. The van der Waals surface area contributed by atoms with Crippen molar-refractivity contribution < 1.29 is 14.5 Å². The summed E-state index contributed by atoms with van der Waals surface area (Å²) in [4.78, 5) is 36.9. The summed E-state index contributed by atoms with van der Waals surface area (Å²) >= 11 is 0. The summed E-state index contributed by atoms with van der Waals surface area (Å²) in [7, 11) is 0. The maximum atomic E-state index is 12.6. The number of piperidine rings is 1. The number of amides is 3. The van der Waals surface area contributed by atoms with E-state index >= 15 is 0 Å². The molecule has 0 saturated carbocycles. The third-order valence-electron chi connectivity index (χ3n) is 4.25. The Bertz CT molecular complexity index is 675. The molecule has 0 radical (unpaired) electrons. The number of nitrogens with one attached hydrogen (secondary N) is 2. The highest BCUT2D eigenvalue weighted by Gasteiger charge is 2.29. The summed E-state index contributed by atoms with van der Waals surface area (Å²) < 4.78 is 0. The maximum absolute atomic E-state index is 12.6. The first kappa shape index (κ1) is 18.7. The topological polar surface area (TPSA) is 105 Å². The van der Waals surface area contributed by atoms with Gasteiger partial charge in [0.15, 0.2) is 0 Å². The average Bonchev–Trinajstić information content (AvgIpc) is 2.56. The number of likely N-dealkylation sites (tertiary alicyclic amines) is 1. The van der Waals surface area contributed by atoms with Crippen LogP contribution in [0.4, 0.5) is 16.2 Å². The lowest BCUT2D eigenvalue weighted by atomic mass is 9.97. The average molecular weight is 348 g/mol. The number of nitrogens with zero attached hydrogens (tertiary/aromatic N) is 2. The molecule has 0 bridgehead atoms. The number of anilines is 1. The smallest absolute Gasteiger partial charge is 0.317 e. The maximum Gasteiger partial charge on any atom is 0.317 e. The van der Waals surface area contributed by atoms with E-state index in [1.165, 1.54) is 6.07 Å². The molecule has 1 aliphatic rings. The van der Waals surface area contributed by atoms with E-state index in [0.29, 0.717) is 30.8 Å². The fourth-order valence-corrected chi connectivity index (χ4v) is 2.91. The highest BCUT2D eigenvalue weighted by molar-refractivity contribution is 5.94. The first-order valence-corrected chi connectivity index (χ1v) is 8.40. The van der Waals surface area contributed by atoms with Crippen molar-refractivity contribution in [2.75, 3.05) is 18.4 Å². The van der Waals surface area contributed by atoms with Gasteiger partial charge in [-0.1, -0.05) is 6.07 Å². The number of nitro groups is 1. The van der Waals surface area contributed by atoms with Gasteiger partial charge in [-0.2, -0.15) is 0 Å². The highest BCUT2D eigenvalue weighted by Crippen LogP contribution is 2.26. The molecule has 8 nitrogen and oxygen atoms in total. The van der Waals surface area contributed by atoms with Crippen molar-refractivity contribution in [3.05, 3.63) is 33.9 Å². The van der Waals surface area contributed by atoms with Gasteiger partial charge in [0.05, 0.1) is 22.1 Å². The Labute approximate surface area is 146 Å². The highest BCUT2D eigenvalue weighted by atomic mass is 16.6. The molecule has 1 heterocycles. The Morgan fingerprint density at radius 3 is 2.72 bits per heavy atom. The first-order chi connectivity index (χ1) is 11.8. The van der Waals surface area contributed by atoms with Crippen molar-refractivity contribution in [1.29, 1.82) is 0 Å². The predicted molar refractivity (Wildman–Crippen MR) is 94.4 cm³/mol. The number of hydrogen-bond donors (Lipinski definition) is 2. The van der Waals surface area contributed by atoms with Crippen molar-refractivity contribution in [1.82, 2.24) is 10.2 Å². The van der Waals surface area contributed by atoms with Crippen molar-refractivity contribution in [2.24, 2.45) is 5.92 Å². The largest absolute Gasteiger partial charge is 0.336 e. The monoisotopic (exact) mass is 348 g/mol. The second-order valence-electron chi connectivity index (χ2n) is 6.59. The lowest BCUT2D eigenvalue weighted by Crippen LogP contribution is -2.49. The summed E-state index contributed by atoms with van der Waals surface area (Å²) in [5.41, 5.74) is 0.827. The quantitative estimate of drug-likeness (QED) is 0.644. The molecule has 3 amide bonds. The lowest BCUT2D eigenvalue weighted by Gasteiger charge is -2.32.